The maximum atomic E-state index is 12.4. The van der Waals surface area contributed by atoms with Gasteiger partial charge in [0, 0.05) is 32.7 Å². The molecule has 17 heteroatoms. The molecule has 1 saturated heterocycles. The van der Waals surface area contributed by atoms with Crippen molar-refractivity contribution < 1.29 is 48.7 Å². The zero-order valence-corrected chi connectivity index (χ0v) is 21.4. The molecule has 2 rings (SSSR count). The predicted octanol–water partition coefficient (Wildman–Crippen LogP) is -4.08. The van der Waals surface area contributed by atoms with Crippen molar-refractivity contribution in [2.24, 2.45) is 5.73 Å². The summed E-state index contributed by atoms with van der Waals surface area (Å²) in [5.41, 5.74) is 3.83. The van der Waals surface area contributed by atoms with Gasteiger partial charge in [-0.2, -0.15) is 0 Å². The molecule has 1 aliphatic rings. The van der Waals surface area contributed by atoms with Crippen LogP contribution >= 0.6 is 0 Å². The number of aromatic amines is 1. The Balaban J connectivity index is 2.24. The molecule has 8 atom stereocenters. The lowest BCUT2D eigenvalue weighted by molar-refractivity contribution is -0.167. The number of carbonyl (C=O) groups excluding carboxylic acids is 3. The van der Waals surface area contributed by atoms with E-state index in [0.29, 0.717) is 0 Å². The number of amides is 1. The van der Waals surface area contributed by atoms with Crippen LogP contribution in [0.3, 0.4) is 0 Å². The third kappa shape index (κ3) is 8.42. The molecule has 1 aliphatic heterocycles. The molecule has 1 amide bonds. The van der Waals surface area contributed by atoms with Gasteiger partial charge in [-0.15, -0.1) is 0 Å². The summed E-state index contributed by atoms with van der Waals surface area (Å²) in [6, 6.07) is -1.86. The summed E-state index contributed by atoms with van der Waals surface area (Å²) >= 11 is 0. The minimum absolute atomic E-state index is 0.0284. The Hall–Kier alpha value is -3.64. The van der Waals surface area contributed by atoms with E-state index in [0.717, 1.165) is 30.7 Å². The average Bonchev–Trinajstić information content (AvgIpc) is 3.16. The summed E-state index contributed by atoms with van der Waals surface area (Å²) in [4.78, 5) is 73.3. The SMILES string of the molecule is CC(=O)O[C@H]1[C@@H](OC(C)=O)[C@@H](n2ccc(=O)[nH]c2=O)O[C@@H]1[C@H](O)C(NCCCNC(=O)[C@@H](N)[C@H](C)O)C(=O)O. The van der Waals surface area contributed by atoms with Gasteiger partial charge in [-0.3, -0.25) is 33.5 Å². The Kier molecular flexibility index (Phi) is 11.3. The number of aliphatic hydroxyl groups excluding tert-OH is 2. The monoisotopic (exact) mass is 559 g/mol. The van der Waals surface area contributed by atoms with Crippen molar-refractivity contribution in [2.75, 3.05) is 13.1 Å². The Labute approximate surface area is 221 Å². The number of aliphatic hydroxyl groups is 2. The quantitative estimate of drug-likeness (QED) is 0.0895. The maximum absolute atomic E-state index is 12.4. The summed E-state index contributed by atoms with van der Waals surface area (Å²) in [7, 11) is 0. The maximum Gasteiger partial charge on any atom is 0.330 e. The van der Waals surface area contributed by atoms with E-state index in [-0.39, 0.29) is 19.5 Å². The summed E-state index contributed by atoms with van der Waals surface area (Å²) in [6.07, 6.45) is -7.92. The van der Waals surface area contributed by atoms with Crippen LogP contribution in [0.5, 0.6) is 0 Å². The second-order valence-corrected chi connectivity index (χ2v) is 8.83. The number of H-pyrrole nitrogens is 1. The molecule has 0 saturated carbocycles. The highest BCUT2D eigenvalue weighted by molar-refractivity contribution is 5.82. The lowest BCUT2D eigenvalue weighted by atomic mass is 9.99. The highest BCUT2D eigenvalue weighted by Crippen LogP contribution is 2.35. The number of nitrogens with one attached hydrogen (secondary N) is 3. The molecule has 0 spiro atoms. The minimum atomic E-state index is -1.91. The first-order valence-corrected chi connectivity index (χ1v) is 11.9. The molecule has 1 fully saturated rings. The van der Waals surface area contributed by atoms with Crippen molar-refractivity contribution >= 4 is 23.8 Å². The van der Waals surface area contributed by atoms with E-state index in [4.69, 9.17) is 19.9 Å². The number of carbonyl (C=O) groups is 4. The van der Waals surface area contributed by atoms with Gasteiger partial charge in [-0.05, 0) is 19.9 Å². The molecule has 0 aromatic carbocycles. The van der Waals surface area contributed by atoms with Crippen LogP contribution in [0.4, 0.5) is 0 Å². The van der Waals surface area contributed by atoms with Crippen LogP contribution in [0.25, 0.3) is 0 Å². The first-order chi connectivity index (χ1) is 18.2. The van der Waals surface area contributed by atoms with Crippen LogP contribution in [-0.4, -0.2) is 104 Å². The number of esters is 2. The van der Waals surface area contributed by atoms with Crippen LogP contribution in [0.2, 0.25) is 0 Å². The molecule has 1 aromatic heterocycles. The number of ether oxygens (including phenoxy) is 3. The lowest BCUT2D eigenvalue weighted by Crippen LogP contribution is -2.55. The molecule has 1 aromatic rings. The van der Waals surface area contributed by atoms with Gasteiger partial charge in [-0.25, -0.2) is 4.79 Å². The zero-order valence-electron chi connectivity index (χ0n) is 21.4. The van der Waals surface area contributed by atoms with Gasteiger partial charge < -0.3 is 45.9 Å². The Morgan fingerprint density at radius 2 is 1.74 bits per heavy atom. The topological polar surface area (TPSA) is 262 Å². The van der Waals surface area contributed by atoms with E-state index < -0.39 is 83.9 Å². The highest BCUT2D eigenvalue weighted by atomic mass is 16.6. The highest BCUT2D eigenvalue weighted by Gasteiger charge is 2.55. The van der Waals surface area contributed by atoms with Gasteiger partial charge in [0.2, 0.25) is 5.91 Å². The molecule has 8 N–H and O–H groups in total. The van der Waals surface area contributed by atoms with E-state index in [1.807, 2.05) is 4.98 Å². The number of nitrogens with two attached hydrogens (primary N) is 1. The summed E-state index contributed by atoms with van der Waals surface area (Å²) < 4.78 is 17.0. The van der Waals surface area contributed by atoms with Crippen LogP contribution in [0, 0.1) is 0 Å². The van der Waals surface area contributed by atoms with Crippen molar-refractivity contribution in [3.63, 3.8) is 0 Å². The second kappa shape index (κ2) is 13.9. The normalized spacial score (nSPS) is 23.7. The van der Waals surface area contributed by atoms with Gasteiger partial charge >= 0.3 is 23.6 Å². The van der Waals surface area contributed by atoms with E-state index in [1.165, 1.54) is 6.92 Å². The van der Waals surface area contributed by atoms with Gasteiger partial charge in [-0.1, -0.05) is 0 Å². The Morgan fingerprint density at radius 3 is 2.28 bits per heavy atom. The first-order valence-electron chi connectivity index (χ1n) is 11.9. The second-order valence-electron chi connectivity index (χ2n) is 8.83. The molecule has 1 unspecified atom stereocenters. The molecule has 218 valence electrons. The number of hydrogen-bond acceptors (Lipinski definition) is 13. The fourth-order valence-corrected chi connectivity index (χ4v) is 3.87. The molecule has 2 heterocycles. The number of carboxylic acids is 1. The summed E-state index contributed by atoms with van der Waals surface area (Å²) in [6.45, 7) is 3.45. The van der Waals surface area contributed by atoms with E-state index >= 15 is 0 Å². The van der Waals surface area contributed by atoms with Gasteiger partial charge in [0.25, 0.3) is 5.56 Å². The fourth-order valence-electron chi connectivity index (χ4n) is 3.87. The minimum Gasteiger partial charge on any atom is -0.480 e. The van der Waals surface area contributed by atoms with E-state index in [1.54, 1.807) is 0 Å². The van der Waals surface area contributed by atoms with Crippen LogP contribution in [0.1, 0.15) is 33.4 Å². The van der Waals surface area contributed by atoms with Crippen molar-refractivity contribution in [1.82, 2.24) is 20.2 Å². The molecule has 0 aliphatic carbocycles. The Bertz CT molecular complexity index is 1150. The number of carboxylic acid groups (broad SMARTS) is 1. The smallest absolute Gasteiger partial charge is 0.330 e. The fraction of sp³-hybridized carbons (Fsp3) is 0.636. The third-order valence-electron chi connectivity index (χ3n) is 5.74. The summed E-state index contributed by atoms with van der Waals surface area (Å²) in [5.74, 6) is -3.85. The van der Waals surface area contributed by atoms with E-state index in [9.17, 15) is 44.1 Å². The van der Waals surface area contributed by atoms with Crippen LogP contribution < -0.4 is 27.6 Å². The van der Waals surface area contributed by atoms with Crippen LogP contribution in [-0.2, 0) is 33.4 Å². The largest absolute Gasteiger partial charge is 0.480 e. The van der Waals surface area contributed by atoms with Gasteiger partial charge in [0.05, 0.1) is 6.10 Å². The average molecular weight is 560 g/mol. The molecular weight excluding hydrogens is 526 g/mol. The lowest BCUT2D eigenvalue weighted by Gasteiger charge is -2.29. The number of rotatable bonds is 13. The molecule has 0 bridgehead atoms. The predicted molar refractivity (Wildman–Crippen MR) is 129 cm³/mol. The standard InChI is InChI=1S/C22H33N5O12/c1-9(28)13(23)19(33)25-7-4-6-24-14(21(34)35)15(32)16-17(37-10(2)29)18(38-11(3)30)20(39-16)27-8-5-12(31)26-22(27)36/h5,8-9,13-18,20,24,28,32H,4,6-7,23H2,1-3H3,(H,25,33)(H,34,35)(H,26,31,36)/t9-,13-,14?,15+,16+,17+,18+,20-/m0/s1. The number of hydrogen-bond donors (Lipinski definition) is 7. The molecule has 17 nitrogen and oxygen atoms in total. The van der Waals surface area contributed by atoms with Gasteiger partial charge in [0.15, 0.2) is 18.4 Å². The number of nitrogens with zero attached hydrogens (tertiary/aromatic N) is 1. The zero-order chi connectivity index (χ0) is 29.4. The Morgan fingerprint density at radius 1 is 1.13 bits per heavy atom. The first kappa shape index (κ1) is 31.6. The number of aliphatic carboxylic acids is 1. The van der Waals surface area contributed by atoms with Crippen molar-refractivity contribution in [3.05, 3.63) is 33.1 Å². The van der Waals surface area contributed by atoms with Crippen molar-refractivity contribution in [1.29, 1.82) is 0 Å². The van der Waals surface area contributed by atoms with Crippen LogP contribution in [0.15, 0.2) is 21.9 Å². The van der Waals surface area contributed by atoms with Gasteiger partial charge in [0.1, 0.15) is 24.3 Å². The summed E-state index contributed by atoms with van der Waals surface area (Å²) in [5, 5.41) is 35.2. The van der Waals surface area contributed by atoms with Crippen molar-refractivity contribution in [2.45, 2.75) is 76.0 Å². The molecule has 39 heavy (non-hydrogen) atoms. The van der Waals surface area contributed by atoms with Crippen molar-refractivity contribution in [3.8, 4) is 0 Å². The number of aromatic nitrogens is 2. The third-order valence-corrected chi connectivity index (χ3v) is 5.74. The van der Waals surface area contributed by atoms with E-state index in [2.05, 4.69) is 10.6 Å². The molecule has 0 radical (unpaired) electrons. The molecular formula is C22H33N5O12.